The smallest absolute Gasteiger partial charge is 0.326 e. The number of carbonyl (C=O) groups is 4. The largest absolute Gasteiger partial charge is 0.480 e. The van der Waals surface area contributed by atoms with Gasteiger partial charge in [0.2, 0.25) is 17.7 Å². The Morgan fingerprint density at radius 1 is 0.938 bits per heavy atom. The number of rotatable bonds is 15. The number of aliphatic imine (C=N–C) groups is 1. The minimum atomic E-state index is -1.15. The van der Waals surface area contributed by atoms with Crippen LogP contribution in [0.25, 0.3) is 0 Å². The number of amides is 3. The van der Waals surface area contributed by atoms with Gasteiger partial charge in [-0.25, -0.2) is 4.79 Å². The summed E-state index contributed by atoms with van der Waals surface area (Å²) in [5.41, 5.74) is 16.2. The Hall–Kier alpha value is -2.54. The second-order valence-electron chi connectivity index (χ2n) is 7.71. The van der Waals surface area contributed by atoms with Crippen molar-refractivity contribution in [1.82, 2.24) is 16.0 Å². The molecule has 0 aliphatic carbocycles. The van der Waals surface area contributed by atoms with Crippen LogP contribution in [0.3, 0.4) is 0 Å². The highest BCUT2D eigenvalue weighted by molar-refractivity contribution is 7.98. The fourth-order valence-corrected chi connectivity index (χ4v) is 3.09. The van der Waals surface area contributed by atoms with Gasteiger partial charge in [-0.15, -0.1) is 0 Å². The van der Waals surface area contributed by atoms with Crippen molar-refractivity contribution in [3.63, 3.8) is 0 Å². The molecule has 3 amide bonds. The molecule has 13 heteroatoms. The summed E-state index contributed by atoms with van der Waals surface area (Å²) in [4.78, 5) is 53.0. The van der Waals surface area contributed by atoms with E-state index in [0.717, 1.165) is 0 Å². The van der Waals surface area contributed by atoms with E-state index in [1.165, 1.54) is 18.7 Å². The van der Waals surface area contributed by atoms with Crippen LogP contribution in [0.2, 0.25) is 0 Å². The van der Waals surface area contributed by atoms with E-state index in [2.05, 4.69) is 20.9 Å². The molecule has 0 saturated heterocycles. The minimum absolute atomic E-state index is 0.0865. The average molecular weight is 476 g/mol. The lowest BCUT2D eigenvalue weighted by Crippen LogP contribution is -2.58. The number of hydrogen-bond donors (Lipinski definition) is 7. The number of thioether (sulfide) groups is 1. The zero-order valence-electron chi connectivity index (χ0n) is 19.1. The Morgan fingerprint density at radius 3 is 2.00 bits per heavy atom. The van der Waals surface area contributed by atoms with Crippen molar-refractivity contribution < 1.29 is 24.3 Å². The topological polar surface area (TPSA) is 215 Å². The second kappa shape index (κ2) is 15.3. The molecule has 0 aromatic heterocycles. The molecular formula is C19H37N7O5S. The van der Waals surface area contributed by atoms with Crippen molar-refractivity contribution >= 4 is 41.4 Å². The van der Waals surface area contributed by atoms with Crippen LogP contribution >= 0.6 is 11.8 Å². The number of carbonyl (C=O) groups excluding carboxylic acids is 3. The Kier molecular flexibility index (Phi) is 14.1. The van der Waals surface area contributed by atoms with E-state index >= 15 is 0 Å². The predicted octanol–water partition coefficient (Wildman–Crippen LogP) is -1.66. The highest BCUT2D eigenvalue weighted by Crippen LogP contribution is 2.08. The standard InChI is InChI=1S/C19H37N7O5S/c1-10(2)14(17(29)25-13(18(30)31)7-9-32-4)26-16(28)12(24-15(27)11(3)20)6-5-8-23-19(21)22/h10-14H,5-9,20H2,1-4H3,(H,24,27)(H,25,29)(H,26,28)(H,30,31)(H4,21,22,23). The van der Waals surface area contributed by atoms with Crippen LogP contribution in [0.15, 0.2) is 4.99 Å². The van der Waals surface area contributed by atoms with Gasteiger partial charge < -0.3 is 38.3 Å². The average Bonchev–Trinajstić information content (AvgIpc) is 2.69. The van der Waals surface area contributed by atoms with Gasteiger partial charge in [-0.3, -0.25) is 19.4 Å². The third-order valence-electron chi connectivity index (χ3n) is 4.46. The van der Waals surface area contributed by atoms with Gasteiger partial charge in [-0.1, -0.05) is 13.8 Å². The molecule has 0 rings (SSSR count). The number of carboxylic acid groups (broad SMARTS) is 1. The Bertz CT molecular complexity index is 668. The first-order chi connectivity index (χ1) is 14.9. The van der Waals surface area contributed by atoms with Crippen molar-refractivity contribution in [2.45, 2.75) is 64.2 Å². The van der Waals surface area contributed by atoms with Gasteiger partial charge in [0, 0.05) is 6.54 Å². The minimum Gasteiger partial charge on any atom is -0.480 e. The van der Waals surface area contributed by atoms with Crippen LogP contribution in [0.1, 0.15) is 40.0 Å². The summed E-state index contributed by atoms with van der Waals surface area (Å²) in [7, 11) is 0. The molecular weight excluding hydrogens is 438 g/mol. The number of carboxylic acids is 1. The second-order valence-corrected chi connectivity index (χ2v) is 8.70. The number of nitrogens with two attached hydrogens (primary N) is 3. The van der Waals surface area contributed by atoms with E-state index in [1.54, 1.807) is 13.8 Å². The number of nitrogens with one attached hydrogen (secondary N) is 3. The first kappa shape index (κ1) is 29.5. The fraction of sp³-hybridized carbons (Fsp3) is 0.737. The van der Waals surface area contributed by atoms with E-state index in [-0.39, 0.29) is 31.3 Å². The van der Waals surface area contributed by atoms with Gasteiger partial charge >= 0.3 is 5.97 Å². The van der Waals surface area contributed by atoms with Crippen LogP contribution in [-0.2, 0) is 19.2 Å². The molecule has 0 bridgehead atoms. The molecule has 0 heterocycles. The highest BCUT2D eigenvalue weighted by atomic mass is 32.2. The summed E-state index contributed by atoms with van der Waals surface area (Å²) in [6, 6.07) is -3.87. The van der Waals surface area contributed by atoms with Crippen LogP contribution in [-0.4, -0.2) is 77.5 Å². The highest BCUT2D eigenvalue weighted by Gasteiger charge is 2.31. The molecule has 184 valence electrons. The van der Waals surface area contributed by atoms with Gasteiger partial charge in [0.1, 0.15) is 18.1 Å². The Labute approximate surface area is 192 Å². The maximum absolute atomic E-state index is 12.9. The monoisotopic (exact) mass is 475 g/mol. The van der Waals surface area contributed by atoms with Crippen LogP contribution < -0.4 is 33.2 Å². The maximum Gasteiger partial charge on any atom is 0.326 e. The molecule has 0 aromatic rings. The van der Waals surface area contributed by atoms with Gasteiger partial charge in [0.15, 0.2) is 5.96 Å². The first-order valence-corrected chi connectivity index (χ1v) is 11.7. The van der Waals surface area contributed by atoms with Crippen molar-refractivity contribution in [3.8, 4) is 0 Å². The lowest BCUT2D eigenvalue weighted by Gasteiger charge is -2.27. The number of hydrogen-bond acceptors (Lipinski definition) is 7. The summed E-state index contributed by atoms with van der Waals surface area (Å²) in [5.74, 6) is -2.74. The summed E-state index contributed by atoms with van der Waals surface area (Å²) in [6.45, 7) is 5.17. The van der Waals surface area contributed by atoms with E-state index in [1.807, 2.05) is 6.26 Å². The number of nitrogens with zero attached hydrogens (tertiary/aromatic N) is 1. The molecule has 12 nitrogen and oxygen atoms in total. The molecule has 0 aromatic carbocycles. The lowest BCUT2D eigenvalue weighted by molar-refractivity contribution is -0.142. The molecule has 0 saturated carbocycles. The molecule has 4 unspecified atom stereocenters. The molecule has 32 heavy (non-hydrogen) atoms. The molecule has 0 radical (unpaired) electrons. The SMILES string of the molecule is CSCCC(NC(=O)C(NC(=O)C(CCCN=C(N)N)NC(=O)C(C)N)C(C)C)C(=O)O. The van der Waals surface area contributed by atoms with E-state index < -0.39 is 47.9 Å². The van der Waals surface area contributed by atoms with Gasteiger partial charge in [-0.2, -0.15) is 11.8 Å². The van der Waals surface area contributed by atoms with Crippen molar-refractivity contribution in [1.29, 1.82) is 0 Å². The molecule has 0 aliphatic rings. The van der Waals surface area contributed by atoms with E-state index in [9.17, 15) is 24.3 Å². The molecule has 0 spiro atoms. The van der Waals surface area contributed by atoms with Crippen molar-refractivity contribution in [2.75, 3.05) is 18.6 Å². The Balaban J connectivity index is 5.34. The third kappa shape index (κ3) is 11.7. The van der Waals surface area contributed by atoms with Crippen molar-refractivity contribution in [3.05, 3.63) is 0 Å². The van der Waals surface area contributed by atoms with Gasteiger partial charge in [-0.05, 0) is 44.1 Å². The molecule has 10 N–H and O–H groups in total. The van der Waals surface area contributed by atoms with Crippen LogP contribution in [0.4, 0.5) is 0 Å². The van der Waals surface area contributed by atoms with Gasteiger partial charge in [0.05, 0.1) is 6.04 Å². The first-order valence-electron chi connectivity index (χ1n) is 10.3. The van der Waals surface area contributed by atoms with Gasteiger partial charge in [0.25, 0.3) is 0 Å². The maximum atomic E-state index is 12.9. The van der Waals surface area contributed by atoms with E-state index in [4.69, 9.17) is 17.2 Å². The number of guanidine groups is 1. The quantitative estimate of drug-likeness (QED) is 0.0817. The predicted molar refractivity (Wildman–Crippen MR) is 125 cm³/mol. The van der Waals surface area contributed by atoms with Crippen LogP contribution in [0.5, 0.6) is 0 Å². The van der Waals surface area contributed by atoms with Crippen molar-refractivity contribution in [2.24, 2.45) is 28.1 Å². The molecule has 0 aliphatic heterocycles. The van der Waals surface area contributed by atoms with Crippen LogP contribution in [0, 0.1) is 5.92 Å². The van der Waals surface area contributed by atoms with E-state index in [0.29, 0.717) is 12.2 Å². The molecule has 4 atom stereocenters. The zero-order chi connectivity index (χ0) is 24.8. The fourth-order valence-electron chi connectivity index (χ4n) is 2.62. The summed E-state index contributed by atoms with van der Waals surface area (Å²) in [6.07, 6.45) is 2.68. The Morgan fingerprint density at radius 2 is 1.53 bits per heavy atom. The summed E-state index contributed by atoms with van der Waals surface area (Å²) in [5, 5.41) is 17.0. The summed E-state index contributed by atoms with van der Waals surface area (Å²) < 4.78 is 0. The normalized spacial score (nSPS) is 14.6. The third-order valence-corrected chi connectivity index (χ3v) is 5.11. The molecule has 0 fully saturated rings. The zero-order valence-corrected chi connectivity index (χ0v) is 19.9. The summed E-state index contributed by atoms with van der Waals surface area (Å²) >= 11 is 1.46. The lowest BCUT2D eigenvalue weighted by atomic mass is 10.0. The number of aliphatic carboxylic acids is 1.